The highest BCUT2D eigenvalue weighted by molar-refractivity contribution is 7.61. The summed E-state index contributed by atoms with van der Waals surface area (Å²) in [5.74, 6) is 0.178. The van der Waals surface area contributed by atoms with Crippen molar-refractivity contribution in [3.8, 4) is 0 Å². The summed E-state index contributed by atoms with van der Waals surface area (Å²) in [5.41, 5.74) is 8.60. The lowest BCUT2D eigenvalue weighted by Gasteiger charge is -2.24. The predicted octanol–water partition coefficient (Wildman–Crippen LogP) is 2.14. The molecule has 2 heterocycles. The van der Waals surface area contributed by atoms with Crippen LogP contribution in [0, 0.1) is 19.8 Å². The summed E-state index contributed by atoms with van der Waals surface area (Å²) in [6, 6.07) is 13.1. The van der Waals surface area contributed by atoms with Crippen molar-refractivity contribution in [2.24, 2.45) is 10.3 Å². The second kappa shape index (κ2) is 12.0. The molecular formula is C24H28N6O4S. The van der Waals surface area contributed by atoms with Crippen LogP contribution in [0.1, 0.15) is 28.9 Å². The quantitative estimate of drug-likeness (QED) is 0.549. The van der Waals surface area contributed by atoms with Crippen molar-refractivity contribution < 1.29 is 13.2 Å². The van der Waals surface area contributed by atoms with Gasteiger partial charge < -0.3 is 15.6 Å². The van der Waals surface area contributed by atoms with Gasteiger partial charge >= 0.3 is 10.5 Å². The molecule has 0 radical (unpaired) electrons. The number of nitrogen functional groups attached to an aromatic ring is 1. The summed E-state index contributed by atoms with van der Waals surface area (Å²) in [5, 5.41) is 2.84. The first-order valence-corrected chi connectivity index (χ1v) is 12.2. The van der Waals surface area contributed by atoms with E-state index in [-0.39, 0.29) is 30.0 Å². The number of fused-ring (bicyclic) bond motifs is 1. The molecule has 4 rings (SSSR count). The van der Waals surface area contributed by atoms with E-state index in [1.807, 2.05) is 18.2 Å². The Balaban J connectivity index is 0.000000420. The number of anilines is 1. The summed E-state index contributed by atoms with van der Waals surface area (Å²) < 4.78 is 25.9. The number of nitrogens with one attached hydrogen (secondary N) is 1. The van der Waals surface area contributed by atoms with Gasteiger partial charge in [-0.25, -0.2) is 9.97 Å². The van der Waals surface area contributed by atoms with Gasteiger partial charge in [-0.05, 0) is 56.7 Å². The van der Waals surface area contributed by atoms with Crippen molar-refractivity contribution in [2.75, 3.05) is 12.3 Å². The Morgan fingerprint density at radius 3 is 2.60 bits per heavy atom. The number of nitrogens with zero attached hydrogens (tertiary/aromatic N) is 4. The Morgan fingerprint density at radius 1 is 1.20 bits per heavy atom. The number of aromatic nitrogens is 3. The highest BCUT2D eigenvalue weighted by atomic mass is 32.2. The Morgan fingerprint density at radius 2 is 1.94 bits per heavy atom. The first kappa shape index (κ1) is 25.8. The van der Waals surface area contributed by atoms with Crippen LogP contribution in [0.3, 0.4) is 0 Å². The minimum atomic E-state index is -2.74. The number of aryl methyl sites for hydroxylation is 3. The number of nitrogens with two attached hydrogens (primary N) is 1. The number of benzene rings is 1. The normalized spacial score (nSPS) is 14.2. The van der Waals surface area contributed by atoms with Gasteiger partial charge in [0.2, 0.25) is 11.9 Å². The summed E-state index contributed by atoms with van der Waals surface area (Å²) >= 11 is 0. The molecule has 2 aromatic heterocycles. The molecule has 10 nitrogen and oxygen atoms in total. The van der Waals surface area contributed by atoms with Crippen LogP contribution in [0.2, 0.25) is 0 Å². The van der Waals surface area contributed by atoms with Crippen LogP contribution < -0.4 is 16.6 Å². The molecule has 3 aromatic rings. The molecule has 1 aromatic carbocycles. The van der Waals surface area contributed by atoms with E-state index in [0.29, 0.717) is 12.2 Å². The summed E-state index contributed by atoms with van der Waals surface area (Å²) in [7, 11) is -2.74. The van der Waals surface area contributed by atoms with Crippen molar-refractivity contribution in [3.05, 3.63) is 81.5 Å². The second-order valence-corrected chi connectivity index (χ2v) is 8.94. The molecule has 1 amide bonds. The van der Waals surface area contributed by atoms with Gasteiger partial charge in [-0.2, -0.15) is 8.42 Å². The van der Waals surface area contributed by atoms with E-state index in [1.54, 1.807) is 19.2 Å². The Bertz CT molecular complexity index is 1380. The Kier molecular flexibility index (Phi) is 8.85. The van der Waals surface area contributed by atoms with Gasteiger partial charge in [0.1, 0.15) is 12.2 Å². The lowest BCUT2D eigenvalue weighted by atomic mass is 9.87. The van der Waals surface area contributed by atoms with Gasteiger partial charge in [-0.15, -0.1) is 4.36 Å². The van der Waals surface area contributed by atoms with Gasteiger partial charge in [0.15, 0.2) is 0 Å². The number of hydrogen-bond donors (Lipinski definition) is 2. The monoisotopic (exact) mass is 496 g/mol. The summed E-state index contributed by atoms with van der Waals surface area (Å²) in [4.78, 5) is 32.9. The van der Waals surface area contributed by atoms with Crippen molar-refractivity contribution in [1.82, 2.24) is 19.9 Å². The fourth-order valence-corrected chi connectivity index (χ4v) is 4.07. The maximum Gasteiger partial charge on any atom is 0.316 e. The molecule has 0 fully saturated rings. The zero-order valence-corrected chi connectivity index (χ0v) is 20.5. The molecule has 1 unspecified atom stereocenters. The molecule has 0 saturated carbocycles. The van der Waals surface area contributed by atoms with E-state index in [1.165, 1.54) is 16.2 Å². The van der Waals surface area contributed by atoms with Crippen molar-refractivity contribution in [2.45, 2.75) is 39.7 Å². The van der Waals surface area contributed by atoms with Crippen LogP contribution in [0.4, 0.5) is 11.6 Å². The molecule has 0 bridgehead atoms. The van der Waals surface area contributed by atoms with Gasteiger partial charge in [-0.3, -0.25) is 9.59 Å². The lowest BCUT2D eigenvalue weighted by molar-refractivity contribution is -0.121. The molecule has 35 heavy (non-hydrogen) atoms. The molecule has 0 aliphatic heterocycles. The zero-order valence-electron chi connectivity index (χ0n) is 19.6. The number of rotatable bonds is 5. The van der Waals surface area contributed by atoms with E-state index in [2.05, 4.69) is 38.7 Å². The SMILES string of the molecule is Cc1ccc(N=S(=O)=O)c(=O)n1CC(=O)NCC1CCc2nc(N)ncc2C1.Cc1ccccc1. The third kappa shape index (κ3) is 7.57. The maximum atomic E-state index is 12.3. The minimum absolute atomic E-state index is 0.206. The average molecular weight is 497 g/mol. The van der Waals surface area contributed by atoms with Crippen LogP contribution in [-0.4, -0.2) is 35.4 Å². The van der Waals surface area contributed by atoms with Gasteiger partial charge in [-0.1, -0.05) is 35.9 Å². The molecule has 1 atom stereocenters. The molecule has 1 aliphatic carbocycles. The van der Waals surface area contributed by atoms with Crippen molar-refractivity contribution >= 4 is 28.0 Å². The predicted molar refractivity (Wildman–Crippen MR) is 133 cm³/mol. The molecule has 184 valence electrons. The lowest BCUT2D eigenvalue weighted by Crippen LogP contribution is -2.37. The van der Waals surface area contributed by atoms with E-state index in [4.69, 9.17) is 5.73 Å². The first-order chi connectivity index (χ1) is 16.7. The standard InChI is InChI=1S/C17H20N6O4S.C7H8/c1-10-2-4-14(22-28(26)27)16(25)23(10)9-15(24)19-7-11-3-5-13-12(6-11)8-20-17(18)21-13;1-7-5-3-2-4-6-7/h2,4,8,11H,3,5-7,9H2,1H3,(H,19,24)(H2,18,20,21);2-6H,1H3. The molecule has 0 saturated heterocycles. The third-order valence-corrected chi connectivity index (χ3v) is 5.99. The highest BCUT2D eigenvalue weighted by Gasteiger charge is 2.21. The molecule has 3 N–H and O–H groups in total. The minimum Gasteiger partial charge on any atom is -0.368 e. The van der Waals surface area contributed by atoms with Crippen molar-refractivity contribution in [3.63, 3.8) is 0 Å². The van der Waals surface area contributed by atoms with E-state index >= 15 is 0 Å². The van der Waals surface area contributed by atoms with E-state index in [0.717, 1.165) is 30.5 Å². The smallest absolute Gasteiger partial charge is 0.316 e. The number of carbonyl (C=O) groups excluding carboxylic acids is 1. The largest absolute Gasteiger partial charge is 0.368 e. The van der Waals surface area contributed by atoms with Crippen molar-refractivity contribution in [1.29, 1.82) is 0 Å². The van der Waals surface area contributed by atoms with Crippen LogP contribution >= 0.6 is 0 Å². The van der Waals surface area contributed by atoms with Crippen LogP contribution in [0.25, 0.3) is 0 Å². The first-order valence-electron chi connectivity index (χ1n) is 11.1. The third-order valence-electron chi connectivity index (χ3n) is 5.65. The number of amides is 1. The van der Waals surface area contributed by atoms with Crippen LogP contribution in [-0.2, 0) is 34.7 Å². The summed E-state index contributed by atoms with van der Waals surface area (Å²) in [6.45, 7) is 4.00. The average Bonchev–Trinajstić information content (AvgIpc) is 2.83. The van der Waals surface area contributed by atoms with Crippen LogP contribution in [0.15, 0.2) is 57.8 Å². The maximum absolute atomic E-state index is 12.3. The number of pyridine rings is 1. The molecule has 0 spiro atoms. The van der Waals surface area contributed by atoms with Crippen LogP contribution in [0.5, 0.6) is 0 Å². The molecular weight excluding hydrogens is 468 g/mol. The highest BCUT2D eigenvalue weighted by Crippen LogP contribution is 2.23. The van der Waals surface area contributed by atoms with E-state index in [9.17, 15) is 18.0 Å². The summed E-state index contributed by atoms with van der Waals surface area (Å²) in [6.07, 6.45) is 4.12. The second-order valence-electron chi connectivity index (χ2n) is 8.33. The topological polar surface area (TPSA) is 149 Å². The fourth-order valence-electron chi connectivity index (χ4n) is 3.77. The Labute approximate surface area is 205 Å². The fraction of sp³-hybridized carbons (Fsp3) is 0.333. The van der Waals surface area contributed by atoms with E-state index < -0.39 is 16.1 Å². The number of hydrogen-bond acceptors (Lipinski definition) is 8. The van der Waals surface area contributed by atoms with Gasteiger partial charge in [0.25, 0.3) is 5.56 Å². The molecule has 1 aliphatic rings. The Hall–Kier alpha value is -3.86. The van der Waals surface area contributed by atoms with Gasteiger partial charge in [0, 0.05) is 24.1 Å². The zero-order chi connectivity index (χ0) is 25.4. The number of carbonyl (C=O) groups is 1. The van der Waals surface area contributed by atoms with Gasteiger partial charge in [0.05, 0.1) is 0 Å². The molecule has 11 heteroatoms.